The van der Waals surface area contributed by atoms with Crippen molar-refractivity contribution in [2.75, 3.05) is 13.1 Å². The maximum atomic E-state index is 13.6. The first-order valence-electron chi connectivity index (χ1n) is 12.8. The lowest BCUT2D eigenvalue weighted by Gasteiger charge is -2.32. The molecule has 0 aliphatic rings. The molecule has 2 aromatic carbocycles. The molecule has 0 fully saturated rings. The normalized spacial score (nSPS) is 11.6. The van der Waals surface area contributed by atoms with E-state index in [9.17, 15) is 14.4 Å². The molecule has 3 amide bonds. The van der Waals surface area contributed by atoms with Gasteiger partial charge in [-0.15, -0.1) is 6.42 Å². The van der Waals surface area contributed by atoms with E-state index in [2.05, 4.69) is 23.5 Å². The van der Waals surface area contributed by atoms with Crippen molar-refractivity contribution in [3.63, 3.8) is 0 Å². The molecule has 0 aliphatic carbocycles. The van der Waals surface area contributed by atoms with Crippen molar-refractivity contribution in [2.24, 2.45) is 0 Å². The molecule has 2 rings (SSSR count). The molecule has 2 aromatic rings. The first-order chi connectivity index (χ1) is 17.6. The van der Waals surface area contributed by atoms with Crippen LogP contribution in [0.15, 0.2) is 54.6 Å². The lowest BCUT2D eigenvalue weighted by Crippen LogP contribution is -2.48. The van der Waals surface area contributed by atoms with Gasteiger partial charge in [0.15, 0.2) is 0 Å². The van der Waals surface area contributed by atoms with Crippen molar-refractivity contribution in [1.29, 1.82) is 0 Å². The molecular formula is C30H39N3O4. The second-order valence-electron chi connectivity index (χ2n) is 9.88. The summed E-state index contributed by atoms with van der Waals surface area (Å²) in [5.74, 6) is 1.90. The number of alkyl carbamates (subject to hydrolysis) is 1. The van der Waals surface area contributed by atoms with Crippen LogP contribution in [0.1, 0.15) is 76.1 Å². The predicted molar refractivity (Wildman–Crippen MR) is 145 cm³/mol. The molecule has 37 heavy (non-hydrogen) atoms. The summed E-state index contributed by atoms with van der Waals surface area (Å²) >= 11 is 0. The second kappa shape index (κ2) is 14.7. The van der Waals surface area contributed by atoms with Crippen LogP contribution in [0.4, 0.5) is 4.79 Å². The molecule has 0 saturated carbocycles. The summed E-state index contributed by atoms with van der Waals surface area (Å²) in [5, 5.41) is 5.51. The maximum Gasteiger partial charge on any atom is 0.408 e. The molecule has 0 spiro atoms. The molecule has 0 bridgehead atoms. The van der Waals surface area contributed by atoms with Gasteiger partial charge in [-0.2, -0.15) is 0 Å². The SMILES string of the molecule is C#Cc1ccc(C(C(=O)NCc2ccccc2)N(CCCCCC)C(=O)CNC(=O)OC(C)(C)C)cc1. The zero-order valence-electron chi connectivity index (χ0n) is 22.4. The average molecular weight is 506 g/mol. The van der Waals surface area contributed by atoms with E-state index < -0.39 is 17.7 Å². The minimum Gasteiger partial charge on any atom is -0.444 e. The zero-order chi connectivity index (χ0) is 27.3. The number of benzene rings is 2. The first kappa shape index (κ1) is 29.4. The molecule has 0 aromatic heterocycles. The van der Waals surface area contributed by atoms with E-state index in [-0.39, 0.29) is 18.4 Å². The van der Waals surface area contributed by atoms with Crippen molar-refractivity contribution >= 4 is 17.9 Å². The van der Waals surface area contributed by atoms with Gasteiger partial charge in [0.2, 0.25) is 11.8 Å². The van der Waals surface area contributed by atoms with Gasteiger partial charge >= 0.3 is 6.09 Å². The van der Waals surface area contributed by atoms with Crippen LogP contribution < -0.4 is 10.6 Å². The monoisotopic (exact) mass is 505 g/mol. The van der Waals surface area contributed by atoms with Crippen molar-refractivity contribution in [2.45, 2.75) is 71.6 Å². The molecule has 1 atom stereocenters. The highest BCUT2D eigenvalue weighted by Gasteiger charge is 2.31. The Morgan fingerprint density at radius 2 is 1.65 bits per heavy atom. The third kappa shape index (κ3) is 10.4. The van der Waals surface area contributed by atoms with Gasteiger partial charge in [-0.3, -0.25) is 9.59 Å². The number of unbranched alkanes of at least 4 members (excludes halogenated alkanes) is 3. The highest BCUT2D eigenvalue weighted by Crippen LogP contribution is 2.23. The summed E-state index contributed by atoms with van der Waals surface area (Å²) in [4.78, 5) is 40.7. The highest BCUT2D eigenvalue weighted by atomic mass is 16.6. The summed E-state index contributed by atoms with van der Waals surface area (Å²) in [6.45, 7) is 7.78. The Labute approximate surface area is 221 Å². The van der Waals surface area contributed by atoms with Gasteiger partial charge in [-0.1, -0.05) is 74.6 Å². The van der Waals surface area contributed by atoms with Gasteiger partial charge in [0.1, 0.15) is 18.2 Å². The van der Waals surface area contributed by atoms with Gasteiger partial charge in [0.05, 0.1) is 0 Å². The van der Waals surface area contributed by atoms with E-state index >= 15 is 0 Å². The van der Waals surface area contributed by atoms with E-state index in [0.29, 0.717) is 24.2 Å². The Bertz CT molecular complexity index is 1050. The van der Waals surface area contributed by atoms with E-state index in [4.69, 9.17) is 11.2 Å². The van der Waals surface area contributed by atoms with Crippen molar-refractivity contribution in [1.82, 2.24) is 15.5 Å². The van der Waals surface area contributed by atoms with Crippen LogP contribution in [0, 0.1) is 12.3 Å². The maximum absolute atomic E-state index is 13.6. The lowest BCUT2D eigenvalue weighted by molar-refractivity contribution is -0.140. The number of nitrogens with zero attached hydrogens (tertiary/aromatic N) is 1. The fourth-order valence-corrected chi connectivity index (χ4v) is 3.79. The van der Waals surface area contributed by atoms with E-state index in [0.717, 1.165) is 31.2 Å². The summed E-state index contributed by atoms with van der Waals surface area (Å²) in [7, 11) is 0. The first-order valence-corrected chi connectivity index (χ1v) is 12.8. The smallest absolute Gasteiger partial charge is 0.408 e. The second-order valence-corrected chi connectivity index (χ2v) is 9.88. The predicted octanol–water partition coefficient (Wildman–Crippen LogP) is 4.96. The number of amides is 3. The molecule has 0 radical (unpaired) electrons. The van der Waals surface area contributed by atoms with Crippen LogP contribution in [0.3, 0.4) is 0 Å². The Balaban J connectivity index is 2.31. The van der Waals surface area contributed by atoms with E-state index in [1.54, 1.807) is 45.0 Å². The number of carbonyl (C=O) groups is 3. The summed E-state index contributed by atoms with van der Waals surface area (Å²) in [6, 6.07) is 15.8. The Morgan fingerprint density at radius 3 is 2.24 bits per heavy atom. The van der Waals surface area contributed by atoms with Gasteiger partial charge in [0, 0.05) is 18.7 Å². The average Bonchev–Trinajstić information content (AvgIpc) is 2.87. The molecule has 0 saturated heterocycles. The van der Waals surface area contributed by atoms with Crippen LogP contribution in [0.2, 0.25) is 0 Å². The number of carbonyl (C=O) groups excluding carboxylic acids is 3. The topological polar surface area (TPSA) is 87.7 Å². The Hall–Kier alpha value is -3.79. The van der Waals surface area contributed by atoms with Crippen molar-refractivity contribution < 1.29 is 19.1 Å². The number of terminal acetylenes is 1. The molecular weight excluding hydrogens is 466 g/mol. The Morgan fingerprint density at radius 1 is 0.973 bits per heavy atom. The lowest BCUT2D eigenvalue weighted by atomic mass is 10.0. The van der Waals surface area contributed by atoms with Crippen molar-refractivity contribution in [3.8, 4) is 12.3 Å². The minimum atomic E-state index is -0.884. The fourth-order valence-electron chi connectivity index (χ4n) is 3.79. The third-order valence-corrected chi connectivity index (χ3v) is 5.62. The molecule has 0 aliphatic heterocycles. The Kier molecular flexibility index (Phi) is 11.7. The van der Waals surface area contributed by atoms with Crippen LogP contribution >= 0.6 is 0 Å². The van der Waals surface area contributed by atoms with E-state index in [1.165, 1.54) is 4.90 Å². The molecule has 7 nitrogen and oxygen atoms in total. The third-order valence-electron chi connectivity index (χ3n) is 5.62. The van der Waals surface area contributed by atoms with Crippen LogP contribution in [-0.4, -0.2) is 41.5 Å². The molecule has 2 N–H and O–H groups in total. The standard InChI is InChI=1S/C30H39N3O4/c1-6-8-9-13-20-33(26(34)22-32-29(36)37-30(3,4)5)27(25-18-16-23(7-2)17-19-25)28(35)31-21-24-14-11-10-12-15-24/h2,10-12,14-19,27H,6,8-9,13,20-22H2,1,3-5H3,(H,31,35)(H,32,36). The fraction of sp³-hybridized carbons (Fsp3) is 0.433. The molecule has 0 heterocycles. The van der Waals surface area contributed by atoms with Gasteiger partial charge < -0.3 is 20.3 Å². The number of hydrogen-bond acceptors (Lipinski definition) is 4. The number of hydrogen-bond donors (Lipinski definition) is 2. The van der Waals surface area contributed by atoms with E-state index in [1.807, 2.05) is 30.3 Å². The minimum absolute atomic E-state index is 0.284. The summed E-state index contributed by atoms with van der Waals surface area (Å²) < 4.78 is 5.27. The zero-order valence-corrected chi connectivity index (χ0v) is 22.4. The molecule has 198 valence electrons. The van der Waals surface area contributed by atoms with Crippen molar-refractivity contribution in [3.05, 3.63) is 71.3 Å². The summed E-state index contributed by atoms with van der Waals surface area (Å²) in [5.41, 5.74) is 1.58. The number of nitrogens with one attached hydrogen (secondary N) is 2. The highest BCUT2D eigenvalue weighted by molar-refractivity contribution is 5.90. The summed E-state index contributed by atoms with van der Waals surface area (Å²) in [6.07, 6.45) is 8.56. The molecule has 7 heteroatoms. The molecule has 1 unspecified atom stereocenters. The van der Waals surface area contributed by atoms with Crippen LogP contribution in [0.25, 0.3) is 0 Å². The number of rotatable bonds is 12. The quantitative estimate of drug-likeness (QED) is 0.315. The largest absolute Gasteiger partial charge is 0.444 e. The van der Waals surface area contributed by atoms with Gasteiger partial charge in [0.25, 0.3) is 0 Å². The number of ether oxygens (including phenoxy) is 1. The van der Waals surface area contributed by atoms with Gasteiger partial charge in [-0.25, -0.2) is 4.79 Å². The van der Waals surface area contributed by atoms with Gasteiger partial charge in [-0.05, 0) is 50.5 Å². The van der Waals surface area contributed by atoms with Crippen LogP contribution in [0.5, 0.6) is 0 Å². The van der Waals surface area contributed by atoms with Crippen LogP contribution in [-0.2, 0) is 20.9 Å².